The van der Waals surface area contributed by atoms with Crippen LogP contribution in [0.1, 0.15) is 42.1 Å². The van der Waals surface area contributed by atoms with E-state index in [1.165, 1.54) is 30.5 Å². The van der Waals surface area contributed by atoms with Crippen LogP contribution >= 0.6 is 0 Å². The largest absolute Gasteiger partial charge is 0.377 e. The molecule has 1 N–H and O–H groups in total. The summed E-state index contributed by atoms with van der Waals surface area (Å²) in [5, 5.41) is 13.8. The first-order valence-corrected chi connectivity index (χ1v) is 8.78. The zero-order valence-electron chi connectivity index (χ0n) is 15.5. The van der Waals surface area contributed by atoms with Gasteiger partial charge in [0.05, 0.1) is 10.5 Å². The molecule has 0 spiro atoms. The molecule has 6 nitrogen and oxygen atoms in total. The Morgan fingerprint density at radius 2 is 1.81 bits per heavy atom. The lowest BCUT2D eigenvalue weighted by Crippen LogP contribution is -2.18. The van der Waals surface area contributed by atoms with Gasteiger partial charge < -0.3 is 10.2 Å². The first kappa shape index (κ1) is 19.4. The molecular weight excluding hydrogens is 330 g/mol. The number of unbranched alkanes of at least 4 members (excludes halogenated alkanes) is 2. The van der Waals surface area contributed by atoms with Gasteiger partial charge in [0.2, 0.25) is 0 Å². The van der Waals surface area contributed by atoms with Gasteiger partial charge in [0.1, 0.15) is 0 Å². The summed E-state index contributed by atoms with van der Waals surface area (Å²) in [5.41, 5.74) is 2.71. The van der Waals surface area contributed by atoms with Gasteiger partial charge in [-0.15, -0.1) is 0 Å². The molecule has 6 heteroatoms. The summed E-state index contributed by atoms with van der Waals surface area (Å²) >= 11 is 0. The molecule has 0 fully saturated rings. The normalized spacial score (nSPS) is 10.4. The summed E-state index contributed by atoms with van der Waals surface area (Å²) < 4.78 is 0. The van der Waals surface area contributed by atoms with E-state index < -0.39 is 4.92 Å². The number of carbonyl (C=O) groups excluding carboxylic acids is 1. The van der Waals surface area contributed by atoms with Crippen LogP contribution in [0.3, 0.4) is 0 Å². The Morgan fingerprint density at radius 3 is 2.38 bits per heavy atom. The van der Waals surface area contributed by atoms with Gasteiger partial charge in [-0.05, 0) is 36.6 Å². The number of carbonyl (C=O) groups is 1. The van der Waals surface area contributed by atoms with E-state index in [1.54, 1.807) is 25.1 Å². The molecular formula is C20H25N3O3. The maximum absolute atomic E-state index is 12.6. The van der Waals surface area contributed by atoms with E-state index in [4.69, 9.17) is 0 Å². The van der Waals surface area contributed by atoms with Gasteiger partial charge in [0.15, 0.2) is 0 Å². The molecule has 0 aliphatic heterocycles. The number of benzene rings is 2. The van der Waals surface area contributed by atoms with E-state index in [2.05, 4.69) is 12.2 Å². The van der Waals surface area contributed by atoms with Crippen LogP contribution < -0.4 is 10.2 Å². The highest BCUT2D eigenvalue weighted by atomic mass is 16.6. The summed E-state index contributed by atoms with van der Waals surface area (Å²) in [6.07, 6.45) is 4.57. The minimum Gasteiger partial charge on any atom is -0.377 e. The highest BCUT2D eigenvalue weighted by molar-refractivity contribution is 6.08. The van der Waals surface area contributed by atoms with Crippen molar-refractivity contribution in [2.75, 3.05) is 24.3 Å². The predicted molar refractivity (Wildman–Crippen MR) is 105 cm³/mol. The SMILES string of the molecule is CCCCCc1ccc(NC(=O)c2cc([N+](=O)[O-])ccc2N(C)C)cc1. The third-order valence-electron chi connectivity index (χ3n) is 4.20. The van der Waals surface area contributed by atoms with Crippen molar-refractivity contribution in [3.8, 4) is 0 Å². The number of amides is 1. The Labute approximate surface area is 154 Å². The van der Waals surface area contributed by atoms with E-state index in [1.807, 2.05) is 24.3 Å². The van der Waals surface area contributed by atoms with Crippen molar-refractivity contribution >= 4 is 23.0 Å². The number of nitrogens with one attached hydrogen (secondary N) is 1. The smallest absolute Gasteiger partial charge is 0.270 e. The number of anilines is 2. The second kappa shape index (κ2) is 8.99. The number of aryl methyl sites for hydroxylation is 1. The quantitative estimate of drug-likeness (QED) is 0.425. The molecule has 2 aromatic carbocycles. The van der Waals surface area contributed by atoms with Crippen LogP contribution in [-0.2, 0) is 6.42 Å². The molecule has 0 bridgehead atoms. The first-order chi connectivity index (χ1) is 12.4. The zero-order chi connectivity index (χ0) is 19.1. The van der Waals surface area contributed by atoms with Crippen LogP contribution in [0.25, 0.3) is 0 Å². The van der Waals surface area contributed by atoms with Crippen molar-refractivity contribution < 1.29 is 9.72 Å². The molecule has 0 heterocycles. The average Bonchev–Trinajstić information content (AvgIpc) is 2.62. The van der Waals surface area contributed by atoms with Crippen LogP contribution in [0.5, 0.6) is 0 Å². The van der Waals surface area contributed by atoms with Crippen LogP contribution in [0.2, 0.25) is 0 Å². The third kappa shape index (κ3) is 5.05. The number of nitro groups is 1. The number of rotatable bonds is 8. The van der Waals surface area contributed by atoms with Crippen molar-refractivity contribution in [2.45, 2.75) is 32.6 Å². The molecule has 26 heavy (non-hydrogen) atoms. The second-order valence-corrected chi connectivity index (χ2v) is 6.46. The minimum atomic E-state index is -0.499. The summed E-state index contributed by atoms with van der Waals surface area (Å²) in [6, 6.07) is 12.0. The molecule has 0 aromatic heterocycles. The lowest BCUT2D eigenvalue weighted by Gasteiger charge is -2.17. The zero-order valence-corrected chi connectivity index (χ0v) is 15.5. The Hall–Kier alpha value is -2.89. The average molecular weight is 355 g/mol. The Kier molecular flexibility index (Phi) is 6.72. The third-order valence-corrected chi connectivity index (χ3v) is 4.20. The molecule has 2 aromatic rings. The van der Waals surface area contributed by atoms with Crippen LogP contribution in [0.4, 0.5) is 17.1 Å². The molecule has 0 aliphatic carbocycles. The molecule has 1 amide bonds. The van der Waals surface area contributed by atoms with E-state index >= 15 is 0 Å². The van der Waals surface area contributed by atoms with Crippen molar-refractivity contribution in [3.63, 3.8) is 0 Å². The number of nitrogens with zero attached hydrogens (tertiary/aromatic N) is 2. The van der Waals surface area contributed by atoms with E-state index in [0.717, 1.165) is 12.8 Å². The van der Waals surface area contributed by atoms with Gasteiger partial charge in [0, 0.05) is 37.6 Å². The van der Waals surface area contributed by atoms with Gasteiger partial charge in [-0.2, -0.15) is 0 Å². The highest BCUT2D eigenvalue weighted by Crippen LogP contribution is 2.25. The lowest BCUT2D eigenvalue weighted by molar-refractivity contribution is -0.384. The van der Waals surface area contributed by atoms with E-state index in [0.29, 0.717) is 11.4 Å². The topological polar surface area (TPSA) is 75.5 Å². The summed E-state index contributed by atoms with van der Waals surface area (Å²) in [7, 11) is 3.59. The predicted octanol–water partition coefficient (Wildman–Crippen LogP) is 4.65. The first-order valence-electron chi connectivity index (χ1n) is 8.78. The van der Waals surface area contributed by atoms with E-state index in [9.17, 15) is 14.9 Å². The van der Waals surface area contributed by atoms with Gasteiger partial charge >= 0.3 is 0 Å². The van der Waals surface area contributed by atoms with E-state index in [-0.39, 0.29) is 17.2 Å². The molecule has 2 rings (SSSR count). The standard InChI is InChI=1S/C20H25N3O3/c1-4-5-6-7-15-8-10-16(11-9-15)21-20(24)18-14-17(23(25)26)12-13-19(18)22(2)3/h8-14H,4-7H2,1-3H3,(H,21,24). The molecule has 0 radical (unpaired) electrons. The van der Waals surface area contributed by atoms with Gasteiger partial charge in [-0.1, -0.05) is 31.9 Å². The summed E-state index contributed by atoms with van der Waals surface area (Å²) in [6.45, 7) is 2.18. The van der Waals surface area contributed by atoms with Gasteiger partial charge in [-0.3, -0.25) is 14.9 Å². The molecule has 0 unspecified atom stereocenters. The van der Waals surface area contributed by atoms with Crippen molar-refractivity contribution in [3.05, 3.63) is 63.7 Å². The van der Waals surface area contributed by atoms with Crippen molar-refractivity contribution in [1.29, 1.82) is 0 Å². The van der Waals surface area contributed by atoms with Gasteiger partial charge in [0.25, 0.3) is 11.6 Å². The summed E-state index contributed by atoms with van der Waals surface area (Å²) in [5.74, 6) is -0.365. The Morgan fingerprint density at radius 1 is 1.12 bits per heavy atom. The minimum absolute atomic E-state index is 0.105. The number of non-ortho nitro benzene ring substituents is 1. The van der Waals surface area contributed by atoms with Crippen molar-refractivity contribution in [1.82, 2.24) is 0 Å². The van der Waals surface area contributed by atoms with Crippen LogP contribution in [0.15, 0.2) is 42.5 Å². The molecule has 0 saturated carbocycles. The van der Waals surface area contributed by atoms with Gasteiger partial charge in [-0.25, -0.2) is 0 Å². The molecule has 0 atom stereocenters. The number of hydrogen-bond donors (Lipinski definition) is 1. The maximum Gasteiger partial charge on any atom is 0.270 e. The van der Waals surface area contributed by atoms with Crippen molar-refractivity contribution in [2.24, 2.45) is 0 Å². The Balaban J connectivity index is 2.16. The number of hydrogen-bond acceptors (Lipinski definition) is 4. The Bertz CT molecular complexity index is 770. The lowest BCUT2D eigenvalue weighted by atomic mass is 10.1. The molecule has 0 saturated heterocycles. The second-order valence-electron chi connectivity index (χ2n) is 6.46. The van der Waals surface area contributed by atoms with Crippen LogP contribution in [0, 0.1) is 10.1 Å². The monoisotopic (exact) mass is 355 g/mol. The fraction of sp³-hybridized carbons (Fsp3) is 0.350. The highest BCUT2D eigenvalue weighted by Gasteiger charge is 2.18. The fourth-order valence-electron chi connectivity index (χ4n) is 2.74. The number of nitro benzene ring substituents is 1. The maximum atomic E-state index is 12.6. The summed E-state index contributed by atoms with van der Waals surface area (Å²) in [4.78, 5) is 24.9. The van der Waals surface area contributed by atoms with Crippen LogP contribution in [-0.4, -0.2) is 24.9 Å². The fourth-order valence-corrected chi connectivity index (χ4v) is 2.74. The molecule has 138 valence electrons. The molecule has 0 aliphatic rings.